The van der Waals surface area contributed by atoms with E-state index in [2.05, 4.69) is 199 Å². The molecular formula is C43H40N2. The third-order valence-corrected chi connectivity index (χ3v) is 9.68. The summed E-state index contributed by atoms with van der Waals surface area (Å²) in [5.41, 5.74) is 6.90. The van der Waals surface area contributed by atoms with E-state index in [1.54, 1.807) is 0 Å². The summed E-state index contributed by atoms with van der Waals surface area (Å²) in [5.74, 6) is 0. The Labute approximate surface area is 268 Å². The first kappa shape index (κ1) is 29.0. The quantitative estimate of drug-likeness (QED) is 0.165. The number of hydrogen-bond acceptors (Lipinski definition) is 2. The molecule has 1 atom stereocenters. The Kier molecular flexibility index (Phi) is 8.17. The highest BCUT2D eigenvalue weighted by molar-refractivity contribution is 5.52. The second kappa shape index (κ2) is 12.7. The number of benzene rings is 6. The van der Waals surface area contributed by atoms with Crippen molar-refractivity contribution < 1.29 is 0 Å². The maximum atomic E-state index is 2.76. The van der Waals surface area contributed by atoms with Gasteiger partial charge in [0.15, 0.2) is 0 Å². The van der Waals surface area contributed by atoms with Crippen molar-refractivity contribution in [1.29, 1.82) is 0 Å². The second-order valence-electron chi connectivity index (χ2n) is 12.1. The van der Waals surface area contributed by atoms with E-state index in [1.165, 1.54) is 33.4 Å². The molecule has 45 heavy (non-hydrogen) atoms. The molecule has 7 rings (SSSR count). The van der Waals surface area contributed by atoms with Crippen molar-refractivity contribution in [2.75, 3.05) is 19.6 Å². The minimum atomic E-state index is -0.440. The normalized spacial score (nSPS) is 16.3. The molecule has 0 amide bonds. The second-order valence-corrected chi connectivity index (χ2v) is 12.1. The molecule has 1 aliphatic heterocycles. The summed E-state index contributed by atoms with van der Waals surface area (Å²) in [5, 5.41) is 0. The van der Waals surface area contributed by atoms with Crippen molar-refractivity contribution in [2.24, 2.45) is 0 Å². The van der Waals surface area contributed by atoms with Gasteiger partial charge in [-0.3, -0.25) is 9.80 Å². The molecule has 222 valence electrons. The number of hydrogen-bond donors (Lipinski definition) is 0. The zero-order valence-corrected chi connectivity index (χ0v) is 25.9. The van der Waals surface area contributed by atoms with Gasteiger partial charge in [-0.15, -0.1) is 0 Å². The first-order chi connectivity index (χ1) is 22.3. The monoisotopic (exact) mass is 584 g/mol. The molecule has 1 fully saturated rings. The SMILES string of the molecule is CC1CN(C(c2ccccc2)(c2ccccc2)c2ccccc2)CCN1C(c1ccccc1)(c1ccccc1)c1ccccc1. The van der Waals surface area contributed by atoms with Crippen LogP contribution in [-0.2, 0) is 11.1 Å². The van der Waals surface area contributed by atoms with Crippen molar-refractivity contribution in [2.45, 2.75) is 24.0 Å². The van der Waals surface area contributed by atoms with Gasteiger partial charge >= 0.3 is 0 Å². The molecular weight excluding hydrogens is 544 g/mol. The highest BCUT2D eigenvalue weighted by atomic mass is 15.3. The molecule has 6 aromatic carbocycles. The number of piperazine rings is 1. The summed E-state index contributed by atoms with van der Waals surface area (Å²) in [6.45, 7) is 5.11. The third-order valence-electron chi connectivity index (χ3n) is 9.68. The van der Waals surface area contributed by atoms with Gasteiger partial charge in [0.25, 0.3) is 0 Å². The van der Waals surface area contributed by atoms with Crippen molar-refractivity contribution in [3.63, 3.8) is 0 Å². The molecule has 0 N–H and O–H groups in total. The topological polar surface area (TPSA) is 6.48 Å². The van der Waals surface area contributed by atoms with Crippen LogP contribution in [0.15, 0.2) is 182 Å². The summed E-state index contributed by atoms with van der Waals surface area (Å²) in [4.78, 5) is 5.50. The maximum Gasteiger partial charge on any atom is 0.0976 e. The van der Waals surface area contributed by atoms with E-state index in [9.17, 15) is 0 Å². The first-order valence-electron chi connectivity index (χ1n) is 16.1. The highest BCUT2D eigenvalue weighted by Gasteiger charge is 2.50. The number of nitrogens with zero attached hydrogens (tertiary/aromatic N) is 2. The average Bonchev–Trinajstić information content (AvgIpc) is 3.13. The van der Waals surface area contributed by atoms with Crippen LogP contribution in [0.4, 0.5) is 0 Å². The van der Waals surface area contributed by atoms with Crippen molar-refractivity contribution in [1.82, 2.24) is 9.80 Å². The molecule has 1 aliphatic rings. The summed E-state index contributed by atoms with van der Waals surface area (Å²) < 4.78 is 0. The molecule has 1 unspecified atom stereocenters. The lowest BCUT2D eigenvalue weighted by Gasteiger charge is -2.56. The summed E-state index contributed by atoms with van der Waals surface area (Å²) in [6, 6.07) is 66.8. The van der Waals surface area contributed by atoms with Gasteiger partial charge in [0.05, 0.1) is 11.1 Å². The Morgan fingerprint density at radius 3 is 0.911 bits per heavy atom. The van der Waals surface area contributed by atoms with Crippen molar-refractivity contribution in [3.05, 3.63) is 215 Å². The number of rotatable bonds is 8. The molecule has 2 nitrogen and oxygen atoms in total. The molecule has 1 saturated heterocycles. The van der Waals surface area contributed by atoms with E-state index >= 15 is 0 Å². The van der Waals surface area contributed by atoms with Crippen LogP contribution in [0.5, 0.6) is 0 Å². The lowest BCUT2D eigenvalue weighted by molar-refractivity contribution is -0.00350. The molecule has 0 radical (unpaired) electrons. The predicted molar refractivity (Wildman–Crippen MR) is 186 cm³/mol. The molecule has 1 heterocycles. The zero-order chi connectivity index (χ0) is 30.5. The van der Waals surface area contributed by atoms with E-state index in [1.807, 2.05) is 0 Å². The first-order valence-corrected chi connectivity index (χ1v) is 16.1. The lowest BCUT2D eigenvalue weighted by Crippen LogP contribution is -2.64. The summed E-state index contributed by atoms with van der Waals surface area (Å²) in [6.07, 6.45) is 0. The van der Waals surface area contributed by atoms with Crippen LogP contribution in [0.3, 0.4) is 0 Å². The molecule has 0 saturated carbocycles. The largest absolute Gasteiger partial charge is 0.283 e. The van der Waals surface area contributed by atoms with Crippen LogP contribution in [0.25, 0.3) is 0 Å². The summed E-state index contributed by atoms with van der Waals surface area (Å²) >= 11 is 0. The van der Waals surface area contributed by atoms with Crippen LogP contribution in [-0.4, -0.2) is 35.5 Å². The minimum absolute atomic E-state index is 0.231. The van der Waals surface area contributed by atoms with E-state index in [0.29, 0.717) is 0 Å². The van der Waals surface area contributed by atoms with Gasteiger partial charge in [0.1, 0.15) is 0 Å². The van der Waals surface area contributed by atoms with Gasteiger partial charge in [-0.2, -0.15) is 0 Å². The molecule has 0 aromatic heterocycles. The predicted octanol–water partition coefficient (Wildman–Crippen LogP) is 8.98. The van der Waals surface area contributed by atoms with E-state index in [0.717, 1.165) is 19.6 Å². The van der Waals surface area contributed by atoms with Crippen LogP contribution in [0.1, 0.15) is 40.3 Å². The van der Waals surface area contributed by atoms with Gasteiger partial charge in [-0.25, -0.2) is 0 Å². The maximum absolute atomic E-state index is 2.76. The van der Waals surface area contributed by atoms with Crippen LogP contribution in [0.2, 0.25) is 0 Å². The fourth-order valence-electron chi connectivity index (χ4n) is 7.88. The van der Waals surface area contributed by atoms with E-state index in [4.69, 9.17) is 0 Å². The molecule has 6 aromatic rings. The van der Waals surface area contributed by atoms with Gasteiger partial charge in [-0.05, 0) is 40.3 Å². The Hall–Kier alpha value is -4.76. The summed E-state index contributed by atoms with van der Waals surface area (Å²) in [7, 11) is 0. The standard InChI is InChI=1S/C43H40N2/c1-35-34-44(42(36-20-8-2-9-21-36,37-22-10-3-11-23-37)38-24-12-4-13-25-38)32-33-45(35)43(39-26-14-5-15-27-39,40-28-16-6-17-29-40)41-30-18-7-19-31-41/h2-31,35H,32-34H2,1H3. The van der Waals surface area contributed by atoms with Crippen LogP contribution in [0, 0.1) is 0 Å². The van der Waals surface area contributed by atoms with Gasteiger partial charge in [0.2, 0.25) is 0 Å². The molecule has 2 heteroatoms. The van der Waals surface area contributed by atoms with Gasteiger partial charge in [-0.1, -0.05) is 182 Å². The Morgan fingerprint density at radius 1 is 0.378 bits per heavy atom. The van der Waals surface area contributed by atoms with E-state index < -0.39 is 11.1 Å². The average molecular weight is 585 g/mol. The van der Waals surface area contributed by atoms with Crippen LogP contribution < -0.4 is 0 Å². The van der Waals surface area contributed by atoms with Gasteiger partial charge < -0.3 is 0 Å². The Bertz CT molecular complexity index is 1580. The zero-order valence-electron chi connectivity index (χ0n) is 25.9. The van der Waals surface area contributed by atoms with Gasteiger partial charge in [0, 0.05) is 25.7 Å². The molecule has 0 spiro atoms. The smallest absolute Gasteiger partial charge is 0.0976 e. The molecule has 0 bridgehead atoms. The lowest BCUT2D eigenvalue weighted by atomic mass is 9.73. The van der Waals surface area contributed by atoms with Crippen LogP contribution >= 0.6 is 0 Å². The van der Waals surface area contributed by atoms with Crippen molar-refractivity contribution in [3.8, 4) is 0 Å². The molecule has 0 aliphatic carbocycles. The Morgan fingerprint density at radius 2 is 0.644 bits per heavy atom. The highest BCUT2D eigenvalue weighted by Crippen LogP contribution is 2.48. The third kappa shape index (κ3) is 5.01. The Balaban J connectivity index is 1.41. The fourth-order valence-corrected chi connectivity index (χ4v) is 7.88. The minimum Gasteiger partial charge on any atom is -0.283 e. The van der Waals surface area contributed by atoms with Crippen molar-refractivity contribution >= 4 is 0 Å². The van der Waals surface area contributed by atoms with E-state index in [-0.39, 0.29) is 6.04 Å². The fraction of sp³-hybridized carbons (Fsp3) is 0.163.